The highest BCUT2D eigenvalue weighted by Gasteiger charge is 2.40. The lowest BCUT2D eigenvalue weighted by Crippen LogP contribution is -2.42. The lowest BCUT2D eigenvalue weighted by molar-refractivity contribution is -0.143. The minimum absolute atomic E-state index is 0.0116. The lowest BCUT2D eigenvalue weighted by Gasteiger charge is -2.20. The molecule has 6 nitrogen and oxygen atoms in total. The summed E-state index contributed by atoms with van der Waals surface area (Å²) in [4.78, 5) is 37.0. The van der Waals surface area contributed by atoms with Crippen LogP contribution in [0.1, 0.15) is 13.3 Å². The maximum Gasteiger partial charge on any atom is 0.319 e. The molecule has 0 N–H and O–H groups in total. The number of carbonyl (C=O) groups excluding carboxylic acids is 3. The minimum atomic E-state index is -0.536. The first-order chi connectivity index (χ1) is 7.51. The van der Waals surface area contributed by atoms with Crippen LogP contribution in [0.4, 0.5) is 0 Å². The Hall–Kier alpha value is -1.43. The second-order valence-corrected chi connectivity index (χ2v) is 3.69. The molecule has 90 valence electrons. The molecule has 1 saturated heterocycles. The molecule has 1 heterocycles. The number of esters is 1. The number of rotatable bonds is 4. The summed E-state index contributed by atoms with van der Waals surface area (Å²) in [6, 6.07) is -0.536. The number of hydrogen-bond donors (Lipinski definition) is 0. The number of likely N-dealkylation sites (N-methyl/N-ethyl adjacent to an activating group) is 2. The van der Waals surface area contributed by atoms with Crippen LogP contribution in [0.3, 0.4) is 0 Å². The molecule has 1 unspecified atom stereocenters. The van der Waals surface area contributed by atoms with Gasteiger partial charge in [0, 0.05) is 6.54 Å². The number of amides is 2. The van der Waals surface area contributed by atoms with Crippen molar-refractivity contribution in [3.63, 3.8) is 0 Å². The normalized spacial score (nSPS) is 20.8. The van der Waals surface area contributed by atoms with Crippen LogP contribution >= 0.6 is 0 Å². The van der Waals surface area contributed by atoms with Crippen molar-refractivity contribution in [1.82, 2.24) is 9.80 Å². The first kappa shape index (κ1) is 12.6. The zero-order valence-corrected chi connectivity index (χ0v) is 9.73. The van der Waals surface area contributed by atoms with Gasteiger partial charge in [-0.3, -0.25) is 24.2 Å². The number of likely N-dealkylation sites (tertiary alicyclic amines) is 1. The maximum absolute atomic E-state index is 11.8. The molecule has 0 aromatic rings. The Balaban J connectivity index is 2.65. The number of imide groups is 1. The molecule has 0 aromatic carbocycles. The van der Waals surface area contributed by atoms with E-state index < -0.39 is 12.0 Å². The molecule has 6 heteroatoms. The molecule has 0 bridgehead atoms. The summed E-state index contributed by atoms with van der Waals surface area (Å²) >= 11 is 0. The molecule has 0 aliphatic carbocycles. The molecule has 1 aliphatic rings. The Morgan fingerprint density at radius 3 is 2.62 bits per heavy atom. The van der Waals surface area contributed by atoms with Crippen LogP contribution in [0.25, 0.3) is 0 Å². The molecular weight excluding hydrogens is 212 g/mol. The van der Waals surface area contributed by atoms with E-state index in [4.69, 9.17) is 0 Å². The van der Waals surface area contributed by atoms with Crippen LogP contribution < -0.4 is 0 Å². The number of hydrogen-bond acceptors (Lipinski definition) is 5. The molecule has 1 aliphatic heterocycles. The number of nitrogens with zero attached hydrogens (tertiary/aromatic N) is 2. The lowest BCUT2D eigenvalue weighted by atomic mass is 10.2. The van der Waals surface area contributed by atoms with Crippen LogP contribution in [-0.2, 0) is 19.1 Å². The highest BCUT2D eigenvalue weighted by atomic mass is 16.5. The number of carbonyl (C=O) groups is 3. The van der Waals surface area contributed by atoms with Gasteiger partial charge >= 0.3 is 5.97 Å². The van der Waals surface area contributed by atoms with Crippen molar-refractivity contribution in [2.45, 2.75) is 19.4 Å². The summed E-state index contributed by atoms with van der Waals surface area (Å²) < 4.78 is 4.51. The van der Waals surface area contributed by atoms with Gasteiger partial charge in [-0.2, -0.15) is 0 Å². The van der Waals surface area contributed by atoms with E-state index in [-0.39, 0.29) is 24.8 Å². The Kier molecular flexibility index (Phi) is 4.00. The topological polar surface area (TPSA) is 66.9 Å². The van der Waals surface area contributed by atoms with E-state index in [0.29, 0.717) is 6.54 Å². The van der Waals surface area contributed by atoms with Crippen molar-refractivity contribution in [2.24, 2.45) is 0 Å². The molecule has 0 radical (unpaired) electrons. The first-order valence-electron chi connectivity index (χ1n) is 5.12. The van der Waals surface area contributed by atoms with E-state index in [0.717, 1.165) is 0 Å². The van der Waals surface area contributed by atoms with Crippen LogP contribution in [0.15, 0.2) is 0 Å². The minimum Gasteiger partial charge on any atom is -0.468 e. The van der Waals surface area contributed by atoms with Gasteiger partial charge in [-0.25, -0.2) is 0 Å². The third-order valence-corrected chi connectivity index (χ3v) is 2.67. The molecule has 1 rings (SSSR count). The summed E-state index contributed by atoms with van der Waals surface area (Å²) in [5.41, 5.74) is 0. The monoisotopic (exact) mass is 228 g/mol. The SMILES string of the molecule is CCN1C(=O)CC(N(C)CC(=O)OC)C1=O. The predicted octanol–water partition coefficient (Wildman–Crippen LogP) is -0.761. The van der Waals surface area contributed by atoms with E-state index in [1.807, 2.05) is 0 Å². The zero-order valence-electron chi connectivity index (χ0n) is 9.73. The van der Waals surface area contributed by atoms with Crippen molar-refractivity contribution >= 4 is 17.8 Å². The van der Waals surface area contributed by atoms with E-state index >= 15 is 0 Å². The molecule has 0 saturated carbocycles. The van der Waals surface area contributed by atoms with Crippen molar-refractivity contribution in [3.05, 3.63) is 0 Å². The maximum atomic E-state index is 11.8. The average molecular weight is 228 g/mol. The molecule has 0 spiro atoms. The van der Waals surface area contributed by atoms with Crippen molar-refractivity contribution < 1.29 is 19.1 Å². The molecule has 2 amide bonds. The Labute approximate surface area is 94.1 Å². The third kappa shape index (κ3) is 2.38. The summed E-state index contributed by atoms with van der Waals surface area (Å²) in [5, 5.41) is 0. The summed E-state index contributed by atoms with van der Waals surface area (Å²) in [6.07, 6.45) is 0.139. The summed E-state index contributed by atoms with van der Waals surface area (Å²) in [7, 11) is 2.92. The van der Waals surface area contributed by atoms with Gasteiger partial charge < -0.3 is 4.74 Å². The highest BCUT2D eigenvalue weighted by Crippen LogP contribution is 2.17. The smallest absolute Gasteiger partial charge is 0.319 e. The van der Waals surface area contributed by atoms with Gasteiger partial charge in [0.25, 0.3) is 0 Å². The van der Waals surface area contributed by atoms with Gasteiger partial charge in [-0.1, -0.05) is 0 Å². The second kappa shape index (κ2) is 5.07. The zero-order chi connectivity index (χ0) is 12.3. The fraction of sp³-hybridized carbons (Fsp3) is 0.700. The molecule has 1 atom stereocenters. The van der Waals surface area contributed by atoms with Gasteiger partial charge in [0.05, 0.1) is 26.1 Å². The predicted molar refractivity (Wildman–Crippen MR) is 55.4 cm³/mol. The van der Waals surface area contributed by atoms with Crippen LogP contribution in [0.2, 0.25) is 0 Å². The van der Waals surface area contributed by atoms with Gasteiger partial charge in [-0.05, 0) is 14.0 Å². The van der Waals surface area contributed by atoms with E-state index in [1.54, 1.807) is 18.9 Å². The number of ether oxygens (including phenoxy) is 1. The standard InChI is InChI=1S/C10H16N2O4/c1-4-12-8(13)5-7(10(12)15)11(2)6-9(14)16-3/h7H,4-6H2,1-3H3. The van der Waals surface area contributed by atoms with Gasteiger partial charge in [0.1, 0.15) is 0 Å². The van der Waals surface area contributed by atoms with E-state index in [2.05, 4.69) is 4.74 Å². The number of methoxy groups -OCH3 is 1. The molecule has 16 heavy (non-hydrogen) atoms. The highest BCUT2D eigenvalue weighted by molar-refractivity contribution is 6.05. The van der Waals surface area contributed by atoms with Crippen LogP contribution in [0, 0.1) is 0 Å². The van der Waals surface area contributed by atoms with Crippen molar-refractivity contribution in [2.75, 3.05) is 27.2 Å². The first-order valence-corrected chi connectivity index (χ1v) is 5.12. The van der Waals surface area contributed by atoms with Gasteiger partial charge in [0.2, 0.25) is 11.8 Å². The van der Waals surface area contributed by atoms with Gasteiger partial charge in [-0.15, -0.1) is 0 Å². The summed E-state index contributed by atoms with van der Waals surface area (Å²) in [6.45, 7) is 2.14. The van der Waals surface area contributed by atoms with E-state index in [1.165, 1.54) is 12.0 Å². The third-order valence-electron chi connectivity index (χ3n) is 2.67. The second-order valence-electron chi connectivity index (χ2n) is 3.69. The Morgan fingerprint density at radius 2 is 2.19 bits per heavy atom. The van der Waals surface area contributed by atoms with Crippen LogP contribution in [0.5, 0.6) is 0 Å². The average Bonchev–Trinajstić information content (AvgIpc) is 2.53. The Morgan fingerprint density at radius 1 is 1.56 bits per heavy atom. The van der Waals surface area contributed by atoms with Crippen molar-refractivity contribution in [3.8, 4) is 0 Å². The fourth-order valence-corrected chi connectivity index (χ4v) is 1.72. The molecular formula is C10H16N2O4. The molecule has 1 fully saturated rings. The largest absolute Gasteiger partial charge is 0.468 e. The fourth-order valence-electron chi connectivity index (χ4n) is 1.72. The Bertz CT molecular complexity index is 316. The van der Waals surface area contributed by atoms with Crippen LogP contribution in [-0.4, -0.2) is 60.9 Å². The van der Waals surface area contributed by atoms with E-state index in [9.17, 15) is 14.4 Å². The summed E-state index contributed by atoms with van der Waals surface area (Å²) in [5.74, 6) is -0.842. The molecule has 0 aromatic heterocycles. The van der Waals surface area contributed by atoms with Crippen molar-refractivity contribution in [1.29, 1.82) is 0 Å². The quantitative estimate of drug-likeness (QED) is 0.467. The van der Waals surface area contributed by atoms with Gasteiger partial charge in [0.15, 0.2) is 0 Å².